The number of aliphatic hydroxyl groups excluding tert-OH is 1. The Morgan fingerprint density at radius 2 is 1.91 bits per heavy atom. The summed E-state index contributed by atoms with van der Waals surface area (Å²) in [5.74, 6) is -0.633. The summed E-state index contributed by atoms with van der Waals surface area (Å²) in [6, 6.07) is 13.6. The minimum Gasteiger partial charge on any atom is -0.481 e. The highest BCUT2D eigenvalue weighted by atomic mass is 35.5. The summed E-state index contributed by atoms with van der Waals surface area (Å²) in [6.07, 6.45) is 7.12. The fourth-order valence-corrected chi connectivity index (χ4v) is 5.02. The van der Waals surface area contributed by atoms with Gasteiger partial charge in [-0.2, -0.15) is 0 Å². The van der Waals surface area contributed by atoms with Crippen LogP contribution in [0.4, 0.5) is 0 Å². The van der Waals surface area contributed by atoms with Crippen LogP contribution in [0, 0.1) is 12.3 Å². The van der Waals surface area contributed by atoms with E-state index < -0.39 is 17.5 Å². The van der Waals surface area contributed by atoms with Gasteiger partial charge in [0.1, 0.15) is 0 Å². The number of benzene rings is 2. The molecule has 1 saturated heterocycles. The van der Waals surface area contributed by atoms with Crippen molar-refractivity contribution in [2.75, 3.05) is 6.54 Å². The summed E-state index contributed by atoms with van der Waals surface area (Å²) < 4.78 is 0. The summed E-state index contributed by atoms with van der Waals surface area (Å²) in [5, 5.41) is 20.4. The number of hydrogen-bond donors (Lipinski definition) is 2. The van der Waals surface area contributed by atoms with Crippen LogP contribution in [0.25, 0.3) is 11.1 Å². The maximum absolute atomic E-state index is 13.0. The Labute approximate surface area is 213 Å². The normalized spacial score (nSPS) is 18.4. The molecule has 0 aliphatic carbocycles. The summed E-state index contributed by atoms with van der Waals surface area (Å²) in [4.78, 5) is 25.5. The molecule has 3 rings (SSSR count). The molecule has 1 amide bonds. The number of aliphatic carboxylic acids is 1. The molecule has 1 fully saturated rings. The maximum atomic E-state index is 13.0. The third-order valence-electron chi connectivity index (χ3n) is 6.74. The van der Waals surface area contributed by atoms with Gasteiger partial charge in [-0.3, -0.25) is 9.59 Å². The number of carboxylic acids is 1. The third kappa shape index (κ3) is 7.18. The fraction of sp³-hybridized carbons (Fsp3) is 0.448. The van der Waals surface area contributed by atoms with Gasteiger partial charge in [-0.25, -0.2) is 0 Å². The Kier molecular flexibility index (Phi) is 9.15. The van der Waals surface area contributed by atoms with Gasteiger partial charge in [0.2, 0.25) is 5.91 Å². The molecule has 0 saturated carbocycles. The first-order chi connectivity index (χ1) is 16.6. The molecule has 188 valence electrons. The summed E-state index contributed by atoms with van der Waals surface area (Å²) in [7, 11) is 0. The highest BCUT2D eigenvalue weighted by Crippen LogP contribution is 2.37. The number of nitrogens with zero attached hydrogens (tertiary/aromatic N) is 1. The van der Waals surface area contributed by atoms with Gasteiger partial charge in [-0.15, -0.1) is 0 Å². The van der Waals surface area contributed by atoms with Gasteiger partial charge in [-0.1, -0.05) is 74.7 Å². The van der Waals surface area contributed by atoms with Gasteiger partial charge in [0.05, 0.1) is 12.1 Å². The molecule has 2 aromatic carbocycles. The van der Waals surface area contributed by atoms with Gasteiger partial charge >= 0.3 is 5.97 Å². The van der Waals surface area contributed by atoms with E-state index in [9.17, 15) is 14.7 Å². The van der Waals surface area contributed by atoms with Crippen LogP contribution in [-0.2, 0) is 9.59 Å². The number of aliphatic hydroxyl groups is 1. The van der Waals surface area contributed by atoms with E-state index in [0.29, 0.717) is 24.4 Å². The van der Waals surface area contributed by atoms with Crippen LogP contribution in [-0.4, -0.2) is 39.6 Å². The van der Waals surface area contributed by atoms with Gasteiger partial charge in [0.25, 0.3) is 0 Å². The van der Waals surface area contributed by atoms with Crippen molar-refractivity contribution in [3.63, 3.8) is 0 Å². The standard InChI is InChI=1S/C29H36ClNO4/c1-20-17-23(30)12-14-25(20)21-9-8-10-22(18-21)26(32)15-13-24-19-29(2,3)28(35)31(24)16-7-5-4-6-11-27(33)34/h8-10,12-15,17-18,24,26,32H,4-7,11,16,19H2,1-3H3,(H,33,34). The summed E-state index contributed by atoms with van der Waals surface area (Å²) >= 11 is 6.10. The van der Waals surface area contributed by atoms with Crippen molar-refractivity contribution in [2.24, 2.45) is 5.41 Å². The second kappa shape index (κ2) is 11.9. The molecule has 35 heavy (non-hydrogen) atoms. The van der Waals surface area contributed by atoms with Crippen LogP contribution < -0.4 is 0 Å². The van der Waals surface area contributed by atoms with Crippen molar-refractivity contribution in [3.8, 4) is 11.1 Å². The molecular formula is C29H36ClNO4. The van der Waals surface area contributed by atoms with Crippen molar-refractivity contribution >= 4 is 23.5 Å². The Morgan fingerprint density at radius 3 is 2.63 bits per heavy atom. The Balaban J connectivity index is 1.66. The van der Waals surface area contributed by atoms with Crippen LogP contribution in [0.2, 0.25) is 5.02 Å². The topological polar surface area (TPSA) is 77.8 Å². The van der Waals surface area contributed by atoms with E-state index in [1.165, 1.54) is 0 Å². The number of unbranched alkanes of at least 4 members (excludes halogenated alkanes) is 3. The van der Waals surface area contributed by atoms with Crippen molar-refractivity contribution in [1.82, 2.24) is 4.90 Å². The minimum absolute atomic E-state index is 0.0622. The molecule has 5 nitrogen and oxygen atoms in total. The average Bonchev–Trinajstić information content (AvgIpc) is 3.02. The number of carboxylic acid groups (broad SMARTS) is 1. The van der Waals surface area contributed by atoms with Gasteiger partial charge in [0, 0.05) is 23.4 Å². The summed E-state index contributed by atoms with van der Waals surface area (Å²) in [6.45, 7) is 6.60. The maximum Gasteiger partial charge on any atom is 0.303 e. The lowest BCUT2D eigenvalue weighted by Crippen LogP contribution is -2.35. The highest BCUT2D eigenvalue weighted by Gasteiger charge is 2.43. The Bertz CT molecular complexity index is 1080. The SMILES string of the molecule is Cc1cc(Cl)ccc1-c1cccc(C(O)C=CC2CC(C)(C)C(=O)N2CCCCCCC(=O)O)c1. The molecule has 0 aromatic heterocycles. The van der Waals surface area contributed by atoms with Crippen LogP contribution in [0.1, 0.15) is 69.6 Å². The molecule has 2 aromatic rings. The van der Waals surface area contributed by atoms with Gasteiger partial charge < -0.3 is 15.1 Å². The number of carbonyl (C=O) groups excluding carboxylic acids is 1. The second-order valence-electron chi connectivity index (χ2n) is 10.1. The molecule has 2 atom stereocenters. The van der Waals surface area contributed by atoms with Crippen LogP contribution in [0.15, 0.2) is 54.6 Å². The predicted molar refractivity (Wildman–Crippen MR) is 140 cm³/mol. The monoisotopic (exact) mass is 497 g/mol. The van der Waals surface area contributed by atoms with E-state index in [-0.39, 0.29) is 18.4 Å². The molecule has 0 spiro atoms. The number of rotatable bonds is 11. The van der Waals surface area contributed by atoms with Crippen molar-refractivity contribution in [3.05, 3.63) is 70.8 Å². The zero-order valence-corrected chi connectivity index (χ0v) is 21.6. The molecule has 2 unspecified atom stereocenters. The highest BCUT2D eigenvalue weighted by molar-refractivity contribution is 6.30. The van der Waals surface area contributed by atoms with Crippen molar-refractivity contribution in [2.45, 2.75) is 71.4 Å². The zero-order chi connectivity index (χ0) is 25.6. The second-order valence-corrected chi connectivity index (χ2v) is 10.6. The first-order valence-corrected chi connectivity index (χ1v) is 12.7. The first-order valence-electron chi connectivity index (χ1n) is 12.3. The zero-order valence-electron chi connectivity index (χ0n) is 20.8. The molecule has 0 radical (unpaired) electrons. The largest absolute Gasteiger partial charge is 0.481 e. The van der Waals surface area contributed by atoms with Crippen molar-refractivity contribution in [1.29, 1.82) is 0 Å². The average molecular weight is 498 g/mol. The first kappa shape index (κ1) is 27.0. The van der Waals surface area contributed by atoms with Gasteiger partial charge in [0.15, 0.2) is 0 Å². The lowest BCUT2D eigenvalue weighted by molar-refractivity contribution is -0.137. The lowest BCUT2D eigenvalue weighted by atomic mass is 9.89. The summed E-state index contributed by atoms with van der Waals surface area (Å²) in [5.41, 5.74) is 3.53. The fourth-order valence-electron chi connectivity index (χ4n) is 4.80. The van der Waals surface area contributed by atoms with Gasteiger partial charge in [-0.05, 0) is 66.6 Å². The molecule has 1 aliphatic rings. The van der Waals surface area contributed by atoms with Crippen LogP contribution >= 0.6 is 11.6 Å². The smallest absolute Gasteiger partial charge is 0.303 e. The van der Waals surface area contributed by atoms with E-state index in [2.05, 4.69) is 0 Å². The van der Waals surface area contributed by atoms with E-state index in [4.69, 9.17) is 16.7 Å². The van der Waals surface area contributed by atoms with E-state index in [1.54, 1.807) is 6.08 Å². The number of halogens is 1. The van der Waals surface area contributed by atoms with Crippen LogP contribution in [0.5, 0.6) is 0 Å². The number of carbonyl (C=O) groups is 2. The van der Waals surface area contributed by atoms with Crippen LogP contribution in [0.3, 0.4) is 0 Å². The number of likely N-dealkylation sites (tertiary alicyclic amines) is 1. The Hall–Kier alpha value is -2.63. The molecule has 0 bridgehead atoms. The minimum atomic E-state index is -0.778. The third-order valence-corrected chi connectivity index (χ3v) is 6.98. The Morgan fingerprint density at radius 1 is 1.17 bits per heavy atom. The van der Waals surface area contributed by atoms with E-state index in [0.717, 1.165) is 41.5 Å². The predicted octanol–water partition coefficient (Wildman–Crippen LogP) is 6.57. The number of amides is 1. The molecule has 1 heterocycles. The lowest BCUT2D eigenvalue weighted by Gasteiger charge is -2.23. The number of hydrogen-bond acceptors (Lipinski definition) is 3. The molecule has 2 N–H and O–H groups in total. The number of aryl methyl sites for hydroxylation is 1. The van der Waals surface area contributed by atoms with Crippen molar-refractivity contribution < 1.29 is 19.8 Å². The molecule has 1 aliphatic heterocycles. The van der Waals surface area contributed by atoms with E-state index in [1.807, 2.05) is 74.2 Å². The van der Waals surface area contributed by atoms with E-state index >= 15 is 0 Å². The molecule has 6 heteroatoms. The quantitative estimate of drug-likeness (QED) is 0.272. The molecular weight excluding hydrogens is 462 g/mol.